The van der Waals surface area contributed by atoms with Gasteiger partial charge in [0.25, 0.3) is 0 Å². The maximum atomic E-state index is 2.47. The molecule has 6 aromatic carbocycles. The fourth-order valence-corrected chi connectivity index (χ4v) is 10.4. The Morgan fingerprint density at radius 1 is 0.444 bits per heavy atom. The van der Waals surface area contributed by atoms with Crippen molar-refractivity contribution in [1.82, 2.24) is 0 Å². The van der Waals surface area contributed by atoms with E-state index in [1.165, 1.54) is 109 Å². The van der Waals surface area contributed by atoms with Crippen molar-refractivity contribution in [2.24, 2.45) is 0 Å². The molecule has 45 heavy (non-hydrogen) atoms. The predicted octanol–water partition coefficient (Wildman–Crippen LogP) is 13.2. The van der Waals surface area contributed by atoms with E-state index < -0.39 is 0 Å². The minimum Gasteiger partial charge on any atom is -0.134 e. The summed E-state index contributed by atoms with van der Waals surface area (Å²) in [6.07, 6.45) is 5.61. The molecule has 0 bridgehead atoms. The van der Waals surface area contributed by atoms with Crippen LogP contribution in [-0.4, -0.2) is 0 Å². The summed E-state index contributed by atoms with van der Waals surface area (Å²) in [6.45, 7) is 4.55. The molecule has 2 heterocycles. The first-order valence-corrected chi connectivity index (χ1v) is 18.0. The number of thiophene rings is 2. The fourth-order valence-electron chi connectivity index (χ4n) is 7.65. The summed E-state index contributed by atoms with van der Waals surface area (Å²) in [5.74, 6) is 0. The van der Waals surface area contributed by atoms with Gasteiger partial charge in [-0.15, -0.1) is 22.7 Å². The van der Waals surface area contributed by atoms with E-state index in [2.05, 4.69) is 123 Å². The highest BCUT2D eigenvalue weighted by atomic mass is 32.1. The van der Waals surface area contributed by atoms with Gasteiger partial charge in [0.2, 0.25) is 0 Å². The Kier molecular flexibility index (Phi) is 6.44. The van der Waals surface area contributed by atoms with Crippen LogP contribution in [0.15, 0.2) is 109 Å². The first-order chi connectivity index (χ1) is 22.2. The summed E-state index contributed by atoms with van der Waals surface area (Å²) >= 11 is 3.95. The second-order valence-electron chi connectivity index (χ2n) is 12.6. The highest BCUT2D eigenvalue weighted by molar-refractivity contribution is 7.27. The lowest BCUT2D eigenvalue weighted by atomic mass is 9.95. The van der Waals surface area contributed by atoms with Crippen LogP contribution in [0.25, 0.3) is 73.7 Å². The Morgan fingerprint density at radius 3 is 1.31 bits per heavy atom. The normalized spacial score (nSPS) is 12.5. The van der Waals surface area contributed by atoms with Gasteiger partial charge in [-0.1, -0.05) is 124 Å². The maximum Gasteiger partial charge on any atom is 0.0433 e. The Labute approximate surface area is 272 Å². The van der Waals surface area contributed by atoms with E-state index in [-0.39, 0.29) is 0 Å². The standard InChI is InChI=1S/C43H34S2/c1-3-9-26-11-5-15-34-36-17-7-13-32(42(36)44-40(26)34)30-21-19-28-23-29-20-22-31(25-39(29)38(28)24-30)33-14-8-18-37-35-16-6-12-27(10-4-2)41(35)45-43(33)37/h5-8,11-22,24-25H,3-4,9-10,23H2,1-2H3. The van der Waals surface area contributed by atoms with E-state index in [9.17, 15) is 0 Å². The van der Waals surface area contributed by atoms with Crippen molar-refractivity contribution < 1.29 is 0 Å². The second kappa shape index (κ2) is 10.7. The number of benzene rings is 6. The Morgan fingerprint density at radius 2 is 0.867 bits per heavy atom. The van der Waals surface area contributed by atoms with Crippen molar-refractivity contribution in [3.63, 3.8) is 0 Å². The Balaban J connectivity index is 1.17. The lowest BCUT2D eigenvalue weighted by molar-refractivity contribution is 0.931. The van der Waals surface area contributed by atoms with Crippen LogP contribution < -0.4 is 0 Å². The summed E-state index contributed by atoms with van der Waals surface area (Å²) < 4.78 is 5.72. The molecule has 0 nitrogen and oxygen atoms in total. The lowest BCUT2D eigenvalue weighted by Crippen LogP contribution is -1.84. The molecule has 1 aliphatic rings. The first-order valence-electron chi connectivity index (χ1n) is 16.3. The molecule has 0 aliphatic heterocycles. The number of fused-ring (bicyclic) bond motifs is 9. The minimum atomic E-state index is 1.01. The van der Waals surface area contributed by atoms with Gasteiger partial charge in [-0.05, 0) is 87.0 Å². The van der Waals surface area contributed by atoms with Crippen LogP contribution in [0.3, 0.4) is 0 Å². The van der Waals surface area contributed by atoms with Gasteiger partial charge in [-0.3, -0.25) is 0 Å². The first kappa shape index (κ1) is 27.1. The lowest BCUT2D eigenvalue weighted by Gasteiger charge is -2.10. The van der Waals surface area contributed by atoms with Crippen molar-refractivity contribution in [3.8, 4) is 33.4 Å². The van der Waals surface area contributed by atoms with Crippen molar-refractivity contribution >= 4 is 63.0 Å². The minimum absolute atomic E-state index is 1.01. The van der Waals surface area contributed by atoms with E-state index in [0.717, 1.165) is 19.3 Å². The summed E-state index contributed by atoms with van der Waals surface area (Å²) in [4.78, 5) is 0. The van der Waals surface area contributed by atoms with E-state index in [0.29, 0.717) is 0 Å². The van der Waals surface area contributed by atoms with Gasteiger partial charge in [0, 0.05) is 40.3 Å². The third-order valence-corrected chi connectivity index (χ3v) is 12.4. The van der Waals surface area contributed by atoms with Gasteiger partial charge in [0.15, 0.2) is 0 Å². The molecule has 0 unspecified atom stereocenters. The molecule has 0 atom stereocenters. The summed E-state index contributed by atoms with van der Waals surface area (Å²) in [7, 11) is 0. The predicted molar refractivity (Wildman–Crippen MR) is 199 cm³/mol. The molecule has 2 aromatic heterocycles. The van der Waals surface area contributed by atoms with E-state index >= 15 is 0 Å². The fraction of sp³-hybridized carbons (Fsp3) is 0.163. The van der Waals surface area contributed by atoms with Gasteiger partial charge in [-0.25, -0.2) is 0 Å². The molecule has 2 heteroatoms. The monoisotopic (exact) mass is 614 g/mol. The van der Waals surface area contributed by atoms with E-state index in [1.807, 2.05) is 22.7 Å². The van der Waals surface area contributed by atoms with Gasteiger partial charge in [0.05, 0.1) is 0 Å². The van der Waals surface area contributed by atoms with E-state index in [4.69, 9.17) is 0 Å². The maximum absolute atomic E-state index is 2.47. The van der Waals surface area contributed by atoms with Gasteiger partial charge in [-0.2, -0.15) is 0 Å². The molecule has 0 N–H and O–H groups in total. The van der Waals surface area contributed by atoms with Crippen LogP contribution in [0.2, 0.25) is 0 Å². The van der Waals surface area contributed by atoms with Crippen LogP contribution in [0.1, 0.15) is 48.9 Å². The molecule has 8 aromatic rings. The Bertz CT molecular complexity index is 2260. The molecule has 0 spiro atoms. The van der Waals surface area contributed by atoms with Crippen molar-refractivity contribution in [1.29, 1.82) is 0 Å². The average Bonchev–Trinajstić information content (AvgIpc) is 3.76. The molecule has 0 fully saturated rings. The zero-order chi connectivity index (χ0) is 30.1. The van der Waals surface area contributed by atoms with Crippen molar-refractivity contribution in [2.45, 2.75) is 46.0 Å². The third kappa shape index (κ3) is 4.23. The number of hydrogen-bond acceptors (Lipinski definition) is 2. The quantitative estimate of drug-likeness (QED) is 0.175. The van der Waals surface area contributed by atoms with Crippen LogP contribution in [0.5, 0.6) is 0 Å². The van der Waals surface area contributed by atoms with Gasteiger partial charge in [0.1, 0.15) is 0 Å². The zero-order valence-corrected chi connectivity index (χ0v) is 27.4. The van der Waals surface area contributed by atoms with Crippen LogP contribution >= 0.6 is 22.7 Å². The number of aryl methyl sites for hydroxylation is 2. The average molecular weight is 615 g/mol. The molecule has 0 saturated heterocycles. The molecule has 0 amide bonds. The van der Waals surface area contributed by atoms with Crippen molar-refractivity contribution in [3.05, 3.63) is 131 Å². The van der Waals surface area contributed by atoms with Gasteiger partial charge < -0.3 is 0 Å². The third-order valence-electron chi connectivity index (χ3n) is 9.76. The van der Waals surface area contributed by atoms with E-state index in [1.54, 1.807) is 0 Å². The SMILES string of the molecule is CCCc1cccc2c1sc1c(-c3ccc4c(c3)-c3cc(-c5cccc6c5sc5c(CCC)cccc56)ccc3C4)cccc12. The van der Waals surface area contributed by atoms with Crippen LogP contribution in [0.4, 0.5) is 0 Å². The smallest absolute Gasteiger partial charge is 0.0433 e. The molecular formula is C43H34S2. The molecule has 0 saturated carbocycles. The summed E-state index contributed by atoms with van der Waals surface area (Å²) in [5, 5.41) is 5.56. The molecular weight excluding hydrogens is 581 g/mol. The second-order valence-corrected chi connectivity index (χ2v) is 14.6. The summed E-state index contributed by atoms with van der Waals surface area (Å²) in [5.41, 5.74) is 13.9. The van der Waals surface area contributed by atoms with Crippen LogP contribution in [-0.2, 0) is 19.3 Å². The summed E-state index contributed by atoms with van der Waals surface area (Å²) in [6, 6.07) is 41.8. The largest absolute Gasteiger partial charge is 0.134 e. The molecule has 218 valence electrons. The number of rotatable bonds is 6. The molecule has 1 aliphatic carbocycles. The molecule has 9 rings (SSSR count). The van der Waals surface area contributed by atoms with Crippen LogP contribution in [0, 0.1) is 0 Å². The number of hydrogen-bond donors (Lipinski definition) is 0. The molecule has 0 radical (unpaired) electrons. The zero-order valence-electron chi connectivity index (χ0n) is 25.7. The van der Waals surface area contributed by atoms with Crippen molar-refractivity contribution in [2.75, 3.05) is 0 Å². The topological polar surface area (TPSA) is 0 Å². The Hall–Kier alpha value is -4.24. The highest BCUT2D eigenvalue weighted by Gasteiger charge is 2.22. The van der Waals surface area contributed by atoms with Gasteiger partial charge >= 0.3 is 0 Å². The highest BCUT2D eigenvalue weighted by Crippen LogP contribution is 2.46.